The zero-order chi connectivity index (χ0) is 12.6. The minimum absolute atomic E-state index is 0.109. The number of aliphatic hydroxyl groups is 3. The number of carbonyl (C=O) groups is 1. The molecule has 2 rings (SSSR count). The van der Waals surface area contributed by atoms with Gasteiger partial charge in [0.25, 0.3) is 5.91 Å². The first kappa shape index (κ1) is 12.4. The summed E-state index contributed by atoms with van der Waals surface area (Å²) in [6.45, 7) is -0.401. The highest BCUT2D eigenvalue weighted by molar-refractivity contribution is 7.11. The number of primary amides is 1. The summed E-state index contributed by atoms with van der Waals surface area (Å²) in [6.07, 6.45) is -4.07. The van der Waals surface area contributed by atoms with Crippen molar-refractivity contribution >= 4 is 17.2 Å². The van der Waals surface area contributed by atoms with Gasteiger partial charge in [0.15, 0.2) is 5.01 Å². The fraction of sp³-hybridized carbons (Fsp3) is 0.556. The molecular formula is C9H12N2O5S. The maximum atomic E-state index is 10.9. The minimum Gasteiger partial charge on any atom is -0.394 e. The Morgan fingerprint density at radius 2 is 2.24 bits per heavy atom. The molecule has 0 aliphatic carbocycles. The molecule has 94 valence electrons. The van der Waals surface area contributed by atoms with Crippen LogP contribution >= 0.6 is 11.3 Å². The van der Waals surface area contributed by atoms with Crippen LogP contribution < -0.4 is 5.73 Å². The Morgan fingerprint density at radius 3 is 2.71 bits per heavy atom. The van der Waals surface area contributed by atoms with Crippen LogP contribution in [0.5, 0.6) is 0 Å². The number of nitrogens with two attached hydrogens (primary N) is 1. The lowest BCUT2D eigenvalue weighted by molar-refractivity contribution is -0.0238. The van der Waals surface area contributed by atoms with Crippen molar-refractivity contribution in [1.29, 1.82) is 0 Å². The van der Waals surface area contributed by atoms with Crippen molar-refractivity contribution in [2.24, 2.45) is 5.73 Å². The lowest BCUT2D eigenvalue weighted by Crippen LogP contribution is -2.32. The molecule has 0 unspecified atom stereocenters. The fourth-order valence-corrected chi connectivity index (χ4v) is 2.37. The van der Waals surface area contributed by atoms with Gasteiger partial charge < -0.3 is 25.8 Å². The van der Waals surface area contributed by atoms with Crippen molar-refractivity contribution in [2.75, 3.05) is 6.61 Å². The fourth-order valence-electron chi connectivity index (χ4n) is 1.67. The second kappa shape index (κ2) is 4.67. The molecule has 0 aromatic carbocycles. The lowest BCUT2D eigenvalue weighted by atomic mass is 10.1. The number of nitrogens with zero attached hydrogens (tertiary/aromatic N) is 1. The molecule has 1 fully saturated rings. The Kier molecular flexibility index (Phi) is 3.40. The van der Waals surface area contributed by atoms with E-state index in [9.17, 15) is 15.0 Å². The van der Waals surface area contributed by atoms with Gasteiger partial charge in [-0.2, -0.15) is 0 Å². The Morgan fingerprint density at radius 1 is 1.53 bits per heavy atom. The van der Waals surface area contributed by atoms with Crippen molar-refractivity contribution < 1.29 is 24.9 Å². The van der Waals surface area contributed by atoms with Gasteiger partial charge in [-0.25, -0.2) is 4.98 Å². The number of thiazole rings is 1. The monoisotopic (exact) mass is 260 g/mol. The summed E-state index contributed by atoms with van der Waals surface area (Å²) in [5, 5.41) is 29.8. The molecule has 1 aliphatic heterocycles. The summed E-state index contributed by atoms with van der Waals surface area (Å²) in [5.41, 5.74) is 5.38. The minimum atomic E-state index is -1.19. The van der Waals surface area contributed by atoms with Gasteiger partial charge in [-0.3, -0.25) is 4.79 Å². The smallest absolute Gasteiger partial charge is 0.277 e. The summed E-state index contributed by atoms with van der Waals surface area (Å²) < 4.78 is 5.26. The molecule has 1 aliphatic rings. The molecule has 2 heterocycles. The number of aliphatic hydroxyl groups excluding tert-OH is 3. The van der Waals surface area contributed by atoms with Gasteiger partial charge in [0.2, 0.25) is 0 Å². The maximum Gasteiger partial charge on any atom is 0.277 e. The molecule has 1 aromatic rings. The number of amides is 1. The molecule has 0 bridgehead atoms. The highest BCUT2D eigenvalue weighted by Crippen LogP contribution is 2.33. The molecule has 1 aromatic heterocycles. The van der Waals surface area contributed by atoms with Gasteiger partial charge >= 0.3 is 0 Å². The van der Waals surface area contributed by atoms with E-state index in [1.807, 2.05) is 0 Å². The molecule has 0 saturated carbocycles. The van der Waals surface area contributed by atoms with E-state index in [0.717, 1.165) is 11.3 Å². The van der Waals surface area contributed by atoms with Crippen molar-refractivity contribution in [1.82, 2.24) is 4.98 Å². The Hall–Kier alpha value is -1.06. The quantitative estimate of drug-likeness (QED) is 0.518. The van der Waals surface area contributed by atoms with E-state index in [0.29, 0.717) is 5.69 Å². The largest absolute Gasteiger partial charge is 0.394 e. The Bertz CT molecular complexity index is 423. The summed E-state index contributed by atoms with van der Waals surface area (Å²) in [4.78, 5) is 14.8. The third kappa shape index (κ3) is 2.17. The normalized spacial score (nSPS) is 32.9. The standard InChI is InChI=1S/C9H12N2O5S/c10-8(15)9-11-3(2-17-9)7-6(14)5(13)4(1-12)16-7/h2,4-7,12-14H,1H2,(H2,10,15)/t4-,5+,6-,7-/m0/s1. The van der Waals surface area contributed by atoms with E-state index in [1.54, 1.807) is 0 Å². The SMILES string of the molecule is NC(=O)c1nc([C@@H]2O[C@@H](CO)[C@@H](O)[C@@H]2O)cs1. The molecule has 8 heteroatoms. The zero-order valence-corrected chi connectivity index (χ0v) is 9.50. The van der Waals surface area contributed by atoms with Crippen molar-refractivity contribution in [3.05, 3.63) is 16.1 Å². The van der Waals surface area contributed by atoms with E-state index >= 15 is 0 Å². The third-order valence-corrected chi connectivity index (χ3v) is 3.44. The van der Waals surface area contributed by atoms with E-state index < -0.39 is 36.9 Å². The predicted molar refractivity (Wildman–Crippen MR) is 57.3 cm³/mol. The molecule has 1 saturated heterocycles. The molecule has 1 amide bonds. The van der Waals surface area contributed by atoms with Crippen LogP contribution in [0, 0.1) is 0 Å². The van der Waals surface area contributed by atoms with Crippen LogP contribution in [0.3, 0.4) is 0 Å². The van der Waals surface area contributed by atoms with Crippen LogP contribution in [-0.4, -0.2) is 51.1 Å². The van der Waals surface area contributed by atoms with E-state index in [-0.39, 0.29) is 5.01 Å². The number of hydrogen-bond donors (Lipinski definition) is 4. The van der Waals surface area contributed by atoms with Crippen molar-refractivity contribution in [3.63, 3.8) is 0 Å². The van der Waals surface area contributed by atoms with Gasteiger partial charge in [-0.05, 0) is 0 Å². The highest BCUT2D eigenvalue weighted by atomic mass is 32.1. The van der Waals surface area contributed by atoms with E-state index in [2.05, 4.69) is 4.98 Å². The molecule has 0 spiro atoms. The first-order chi connectivity index (χ1) is 8.04. The first-order valence-corrected chi connectivity index (χ1v) is 5.80. The van der Waals surface area contributed by atoms with Gasteiger partial charge in [-0.15, -0.1) is 11.3 Å². The van der Waals surface area contributed by atoms with Crippen LogP contribution in [0.15, 0.2) is 5.38 Å². The summed E-state index contributed by atoms with van der Waals surface area (Å²) in [6, 6.07) is 0. The van der Waals surface area contributed by atoms with E-state index in [4.69, 9.17) is 15.6 Å². The molecular weight excluding hydrogens is 248 g/mol. The number of aromatic nitrogens is 1. The van der Waals surface area contributed by atoms with Crippen LogP contribution in [-0.2, 0) is 4.74 Å². The molecule has 7 nitrogen and oxygen atoms in total. The number of rotatable bonds is 3. The van der Waals surface area contributed by atoms with Crippen LogP contribution in [0.25, 0.3) is 0 Å². The number of hydrogen-bond acceptors (Lipinski definition) is 7. The van der Waals surface area contributed by atoms with E-state index in [1.165, 1.54) is 5.38 Å². The first-order valence-electron chi connectivity index (χ1n) is 4.92. The van der Waals surface area contributed by atoms with Crippen LogP contribution in [0.4, 0.5) is 0 Å². The zero-order valence-electron chi connectivity index (χ0n) is 8.68. The van der Waals surface area contributed by atoms with Gasteiger partial charge in [0.1, 0.15) is 24.4 Å². The average molecular weight is 260 g/mol. The highest BCUT2D eigenvalue weighted by Gasteiger charge is 2.44. The maximum absolute atomic E-state index is 10.9. The number of ether oxygens (including phenoxy) is 1. The van der Waals surface area contributed by atoms with Crippen LogP contribution in [0.1, 0.15) is 21.6 Å². The van der Waals surface area contributed by atoms with Crippen molar-refractivity contribution in [2.45, 2.75) is 24.4 Å². The average Bonchev–Trinajstić information content (AvgIpc) is 2.87. The second-order valence-electron chi connectivity index (χ2n) is 3.70. The second-order valence-corrected chi connectivity index (χ2v) is 4.56. The van der Waals surface area contributed by atoms with Gasteiger partial charge in [0, 0.05) is 5.38 Å². The number of carbonyl (C=O) groups excluding carboxylic acids is 1. The molecule has 4 atom stereocenters. The topological polar surface area (TPSA) is 126 Å². The Balaban J connectivity index is 2.19. The molecule has 5 N–H and O–H groups in total. The van der Waals surface area contributed by atoms with Gasteiger partial charge in [0.05, 0.1) is 12.3 Å². The predicted octanol–water partition coefficient (Wildman–Crippen LogP) is -1.60. The summed E-state index contributed by atoms with van der Waals surface area (Å²) >= 11 is 1.04. The summed E-state index contributed by atoms with van der Waals surface area (Å²) in [7, 11) is 0. The van der Waals surface area contributed by atoms with Gasteiger partial charge in [-0.1, -0.05) is 0 Å². The third-order valence-electron chi connectivity index (χ3n) is 2.57. The summed E-state index contributed by atoms with van der Waals surface area (Å²) in [5.74, 6) is -0.659. The Labute approximate surface area is 100 Å². The van der Waals surface area contributed by atoms with Crippen LogP contribution in [0.2, 0.25) is 0 Å². The van der Waals surface area contributed by atoms with Crippen molar-refractivity contribution in [3.8, 4) is 0 Å². The lowest BCUT2D eigenvalue weighted by Gasteiger charge is -2.11. The molecule has 17 heavy (non-hydrogen) atoms. The molecule has 0 radical (unpaired) electrons.